The molecule has 1 rings (SSSR count). The van der Waals surface area contributed by atoms with E-state index in [-0.39, 0.29) is 6.42 Å². The number of methoxy groups -OCH3 is 1. The van der Waals surface area contributed by atoms with Gasteiger partial charge in [-0.3, -0.25) is 16.3 Å². The van der Waals surface area contributed by atoms with Crippen molar-refractivity contribution >= 4 is 0 Å². The Labute approximate surface area is 116 Å². The topological polar surface area (TPSA) is 60.2 Å². The van der Waals surface area contributed by atoms with Crippen LogP contribution < -0.4 is 16.0 Å². The summed E-state index contributed by atoms with van der Waals surface area (Å²) in [4.78, 5) is 4.26. The molecule has 0 spiro atoms. The van der Waals surface area contributed by atoms with E-state index in [4.69, 9.17) is 10.6 Å². The summed E-state index contributed by atoms with van der Waals surface area (Å²) in [7, 11) is 1.56. The van der Waals surface area contributed by atoms with Crippen molar-refractivity contribution in [1.29, 1.82) is 0 Å². The molecule has 0 aliphatic heterocycles. The van der Waals surface area contributed by atoms with Gasteiger partial charge in [-0.05, 0) is 20.3 Å². The standard InChI is InChI=1S/C13H20F3N3O/c1-8-7-18-11(9(2)12(8)20-3)6-10(19-17)4-5-13(14,15)16/h7,10,19H,4-6,17H2,1-3H3. The molecule has 7 heteroatoms. The van der Waals surface area contributed by atoms with Gasteiger partial charge in [0.05, 0.1) is 7.11 Å². The number of ether oxygens (including phenoxy) is 1. The van der Waals surface area contributed by atoms with Crippen LogP contribution in [-0.2, 0) is 6.42 Å². The second kappa shape index (κ2) is 6.90. The molecule has 0 aliphatic rings. The van der Waals surface area contributed by atoms with Gasteiger partial charge in [-0.1, -0.05) is 0 Å². The summed E-state index contributed by atoms with van der Waals surface area (Å²) in [5.41, 5.74) is 4.84. The van der Waals surface area contributed by atoms with E-state index in [0.29, 0.717) is 17.9 Å². The fourth-order valence-electron chi connectivity index (χ4n) is 2.09. The van der Waals surface area contributed by atoms with Gasteiger partial charge >= 0.3 is 6.18 Å². The third-order valence-electron chi connectivity index (χ3n) is 3.20. The lowest BCUT2D eigenvalue weighted by Gasteiger charge is -2.19. The molecule has 3 N–H and O–H groups in total. The van der Waals surface area contributed by atoms with Gasteiger partial charge in [0, 0.05) is 41.9 Å². The normalized spacial score (nSPS) is 13.3. The first-order valence-corrected chi connectivity index (χ1v) is 6.30. The Morgan fingerprint density at radius 3 is 2.55 bits per heavy atom. The summed E-state index contributed by atoms with van der Waals surface area (Å²) in [6, 6.07) is -0.477. The lowest BCUT2D eigenvalue weighted by Crippen LogP contribution is -2.38. The number of aryl methyl sites for hydroxylation is 1. The van der Waals surface area contributed by atoms with Gasteiger partial charge in [0.1, 0.15) is 5.75 Å². The van der Waals surface area contributed by atoms with Crippen LogP contribution in [0.15, 0.2) is 6.20 Å². The monoisotopic (exact) mass is 291 g/mol. The minimum absolute atomic E-state index is 0.0860. The molecule has 4 nitrogen and oxygen atoms in total. The highest BCUT2D eigenvalue weighted by molar-refractivity contribution is 5.41. The Bertz CT molecular complexity index is 449. The van der Waals surface area contributed by atoms with Crippen LogP contribution in [0.4, 0.5) is 13.2 Å². The first-order valence-electron chi connectivity index (χ1n) is 6.30. The fourth-order valence-corrected chi connectivity index (χ4v) is 2.09. The Morgan fingerprint density at radius 2 is 2.05 bits per heavy atom. The van der Waals surface area contributed by atoms with Crippen LogP contribution >= 0.6 is 0 Å². The first-order chi connectivity index (χ1) is 9.28. The summed E-state index contributed by atoms with van der Waals surface area (Å²) < 4.78 is 42.0. The predicted octanol–water partition coefficient (Wildman–Crippen LogP) is 2.42. The van der Waals surface area contributed by atoms with Crippen molar-refractivity contribution in [1.82, 2.24) is 10.4 Å². The van der Waals surface area contributed by atoms with Crippen molar-refractivity contribution < 1.29 is 17.9 Å². The Hall–Kier alpha value is -1.34. The molecule has 0 aliphatic carbocycles. The minimum atomic E-state index is -4.18. The van der Waals surface area contributed by atoms with E-state index < -0.39 is 18.6 Å². The Kier molecular flexibility index (Phi) is 5.76. The molecule has 20 heavy (non-hydrogen) atoms. The molecule has 1 aromatic rings. The number of alkyl halides is 3. The van der Waals surface area contributed by atoms with Crippen molar-refractivity contribution in [2.24, 2.45) is 5.84 Å². The minimum Gasteiger partial charge on any atom is -0.496 e. The van der Waals surface area contributed by atoms with Crippen LogP contribution in [0, 0.1) is 13.8 Å². The van der Waals surface area contributed by atoms with Crippen LogP contribution in [0.1, 0.15) is 29.7 Å². The summed E-state index contributed by atoms with van der Waals surface area (Å²) >= 11 is 0. The van der Waals surface area contributed by atoms with Crippen molar-refractivity contribution in [2.45, 2.75) is 45.3 Å². The number of nitrogens with zero attached hydrogens (tertiary/aromatic N) is 1. The fraction of sp³-hybridized carbons (Fsp3) is 0.615. The van der Waals surface area contributed by atoms with Gasteiger partial charge in [-0.25, -0.2) is 0 Å². The van der Waals surface area contributed by atoms with Crippen molar-refractivity contribution in [3.8, 4) is 5.75 Å². The number of nitrogens with one attached hydrogen (secondary N) is 1. The maximum absolute atomic E-state index is 12.2. The predicted molar refractivity (Wildman–Crippen MR) is 70.4 cm³/mol. The Balaban J connectivity index is 2.80. The van der Waals surface area contributed by atoms with Crippen molar-refractivity contribution in [3.63, 3.8) is 0 Å². The highest BCUT2D eigenvalue weighted by Crippen LogP contribution is 2.26. The van der Waals surface area contributed by atoms with Gasteiger partial charge in [-0.15, -0.1) is 0 Å². The molecule has 1 atom stereocenters. The quantitative estimate of drug-likeness (QED) is 0.624. The average molecular weight is 291 g/mol. The molecule has 114 valence electrons. The maximum atomic E-state index is 12.2. The second-order valence-electron chi connectivity index (χ2n) is 4.77. The molecule has 0 aromatic carbocycles. The Morgan fingerprint density at radius 1 is 1.40 bits per heavy atom. The highest BCUT2D eigenvalue weighted by atomic mass is 19.4. The van der Waals surface area contributed by atoms with Gasteiger partial charge < -0.3 is 4.74 Å². The van der Waals surface area contributed by atoms with Gasteiger partial charge in [0.2, 0.25) is 0 Å². The molecule has 1 unspecified atom stereocenters. The van der Waals surface area contributed by atoms with Gasteiger partial charge in [0.25, 0.3) is 0 Å². The van der Waals surface area contributed by atoms with Crippen molar-refractivity contribution in [2.75, 3.05) is 7.11 Å². The molecule has 1 heterocycles. The summed E-state index contributed by atoms with van der Waals surface area (Å²) in [5, 5.41) is 0. The van der Waals surface area contributed by atoms with Crippen LogP contribution in [0.5, 0.6) is 5.75 Å². The van der Waals surface area contributed by atoms with E-state index in [1.807, 2.05) is 13.8 Å². The molecular formula is C13H20F3N3O. The number of nitrogens with two attached hydrogens (primary N) is 1. The zero-order chi connectivity index (χ0) is 15.3. The molecule has 0 saturated heterocycles. The molecule has 0 saturated carbocycles. The third kappa shape index (κ3) is 4.64. The molecule has 0 radical (unpaired) electrons. The van der Waals surface area contributed by atoms with Gasteiger partial charge in [0.15, 0.2) is 0 Å². The molecule has 0 amide bonds. The van der Waals surface area contributed by atoms with E-state index in [1.54, 1.807) is 13.3 Å². The van der Waals surface area contributed by atoms with E-state index in [1.165, 1.54) is 0 Å². The molecule has 1 aromatic heterocycles. The average Bonchev–Trinajstić information content (AvgIpc) is 2.36. The van der Waals surface area contributed by atoms with Crippen LogP contribution in [0.2, 0.25) is 0 Å². The maximum Gasteiger partial charge on any atom is 0.389 e. The number of hydrazine groups is 1. The number of rotatable bonds is 6. The zero-order valence-electron chi connectivity index (χ0n) is 11.8. The van der Waals surface area contributed by atoms with Gasteiger partial charge in [-0.2, -0.15) is 13.2 Å². The molecule has 0 bridgehead atoms. The second-order valence-corrected chi connectivity index (χ2v) is 4.77. The SMILES string of the molecule is COc1c(C)cnc(CC(CCC(F)(F)F)NN)c1C. The first kappa shape index (κ1) is 16.7. The third-order valence-corrected chi connectivity index (χ3v) is 3.20. The number of hydrogen-bond donors (Lipinski definition) is 2. The van der Waals surface area contributed by atoms with Crippen LogP contribution in [0.3, 0.4) is 0 Å². The lowest BCUT2D eigenvalue weighted by molar-refractivity contribution is -0.136. The smallest absolute Gasteiger partial charge is 0.389 e. The number of halogens is 3. The highest BCUT2D eigenvalue weighted by Gasteiger charge is 2.28. The summed E-state index contributed by atoms with van der Waals surface area (Å²) in [6.07, 6.45) is -3.16. The van der Waals surface area contributed by atoms with Crippen LogP contribution in [-0.4, -0.2) is 24.3 Å². The van der Waals surface area contributed by atoms with E-state index in [2.05, 4.69) is 10.4 Å². The van der Waals surface area contributed by atoms with E-state index in [0.717, 1.165) is 11.1 Å². The molecular weight excluding hydrogens is 271 g/mol. The summed E-state index contributed by atoms with van der Waals surface area (Å²) in [5.74, 6) is 6.03. The zero-order valence-corrected chi connectivity index (χ0v) is 11.8. The number of aromatic nitrogens is 1. The van der Waals surface area contributed by atoms with Crippen LogP contribution in [0.25, 0.3) is 0 Å². The largest absolute Gasteiger partial charge is 0.496 e. The van der Waals surface area contributed by atoms with Crippen molar-refractivity contribution in [3.05, 3.63) is 23.0 Å². The lowest BCUT2D eigenvalue weighted by atomic mass is 10.0. The summed E-state index contributed by atoms with van der Waals surface area (Å²) in [6.45, 7) is 3.70. The number of pyridine rings is 1. The van der Waals surface area contributed by atoms with E-state index >= 15 is 0 Å². The number of hydrogen-bond acceptors (Lipinski definition) is 4. The van der Waals surface area contributed by atoms with E-state index in [9.17, 15) is 13.2 Å². The molecule has 0 fully saturated rings.